The fourth-order valence-corrected chi connectivity index (χ4v) is 4.01. The SMILES string of the molecule is CC(=O)N1CC(C)(C)Oc2ccc(NC(=O)c3cccnc3Nc3ccc4cn[nH]c4c3)cc21.[HH]. The van der Waals surface area contributed by atoms with E-state index in [9.17, 15) is 9.59 Å². The van der Waals surface area contributed by atoms with Crippen molar-refractivity contribution >= 4 is 45.6 Å². The number of hydrogen-bond acceptors (Lipinski definition) is 6. The lowest BCUT2D eigenvalue weighted by atomic mass is 10.0. The minimum atomic E-state index is -0.501. The maximum Gasteiger partial charge on any atom is 0.259 e. The fraction of sp³-hybridized carbons (Fsp3) is 0.200. The highest BCUT2D eigenvalue weighted by Crippen LogP contribution is 2.39. The molecule has 0 bridgehead atoms. The van der Waals surface area contributed by atoms with Gasteiger partial charge in [-0.25, -0.2) is 4.98 Å². The van der Waals surface area contributed by atoms with E-state index in [1.165, 1.54) is 6.92 Å². The van der Waals surface area contributed by atoms with E-state index in [2.05, 4.69) is 25.8 Å². The highest BCUT2D eigenvalue weighted by atomic mass is 16.5. The van der Waals surface area contributed by atoms with Crippen LogP contribution in [0, 0.1) is 0 Å². The minimum Gasteiger partial charge on any atom is -0.484 e. The Morgan fingerprint density at radius 3 is 2.79 bits per heavy atom. The van der Waals surface area contributed by atoms with E-state index < -0.39 is 5.60 Å². The number of pyridine rings is 1. The van der Waals surface area contributed by atoms with Gasteiger partial charge in [-0.05, 0) is 62.4 Å². The van der Waals surface area contributed by atoms with Crippen LogP contribution in [0.15, 0.2) is 60.9 Å². The molecule has 5 rings (SSSR count). The standard InChI is InChI=1S/C25H24N6O3.H2/c1-15(32)31-14-25(2,3)34-22-9-8-18(12-21(22)31)29-24(33)19-5-4-10-26-23(19)28-17-7-6-16-13-27-30-20(16)11-17;/h4-13H,14H2,1-3H3,(H,26,28)(H,27,30)(H,29,33);1H. The van der Waals surface area contributed by atoms with Gasteiger partial charge in [0.1, 0.15) is 17.2 Å². The number of hydrogen-bond donors (Lipinski definition) is 3. The van der Waals surface area contributed by atoms with Crippen LogP contribution in [0.5, 0.6) is 5.75 Å². The molecule has 0 saturated heterocycles. The summed E-state index contributed by atoms with van der Waals surface area (Å²) in [4.78, 5) is 31.4. The fourth-order valence-electron chi connectivity index (χ4n) is 4.01. The Morgan fingerprint density at radius 2 is 1.97 bits per heavy atom. The summed E-state index contributed by atoms with van der Waals surface area (Å²) in [6.45, 7) is 5.81. The van der Waals surface area contributed by atoms with Crippen LogP contribution in [-0.2, 0) is 4.79 Å². The maximum absolute atomic E-state index is 13.2. The van der Waals surface area contributed by atoms with Crippen LogP contribution in [0.1, 0.15) is 32.6 Å². The molecule has 1 aliphatic rings. The average Bonchev–Trinajstić information content (AvgIpc) is 3.26. The third kappa shape index (κ3) is 4.15. The van der Waals surface area contributed by atoms with Crippen molar-refractivity contribution in [2.24, 2.45) is 0 Å². The lowest BCUT2D eigenvalue weighted by Gasteiger charge is -2.39. The Bertz CT molecular complexity index is 1420. The lowest BCUT2D eigenvalue weighted by molar-refractivity contribution is -0.117. The first-order valence-corrected chi connectivity index (χ1v) is 10.9. The van der Waals surface area contributed by atoms with Crippen LogP contribution in [0.25, 0.3) is 10.9 Å². The topological polar surface area (TPSA) is 112 Å². The Morgan fingerprint density at radius 1 is 1.15 bits per heavy atom. The number of nitrogens with one attached hydrogen (secondary N) is 3. The second kappa shape index (κ2) is 8.18. The van der Waals surface area contributed by atoms with E-state index in [-0.39, 0.29) is 13.2 Å². The molecule has 34 heavy (non-hydrogen) atoms. The van der Waals surface area contributed by atoms with E-state index in [1.807, 2.05) is 32.0 Å². The molecule has 2 aromatic carbocycles. The van der Waals surface area contributed by atoms with Crippen LogP contribution in [0.4, 0.5) is 22.9 Å². The number of aromatic nitrogens is 3. The number of rotatable bonds is 4. The Kier molecular flexibility index (Phi) is 5.16. The van der Waals surface area contributed by atoms with Crippen molar-refractivity contribution in [3.8, 4) is 5.75 Å². The number of H-pyrrole nitrogens is 1. The number of anilines is 4. The van der Waals surface area contributed by atoms with Crippen molar-refractivity contribution < 1.29 is 15.8 Å². The summed E-state index contributed by atoms with van der Waals surface area (Å²) in [5.41, 5.74) is 2.70. The van der Waals surface area contributed by atoms with E-state index in [1.54, 1.807) is 47.6 Å². The van der Waals surface area contributed by atoms with Gasteiger partial charge in [0.05, 0.1) is 29.5 Å². The number of carbonyl (C=O) groups excluding carboxylic acids is 2. The first-order chi connectivity index (χ1) is 16.3. The molecule has 174 valence electrons. The highest BCUT2D eigenvalue weighted by molar-refractivity contribution is 6.08. The Labute approximate surface area is 197 Å². The molecule has 1 aliphatic heterocycles. The normalized spacial score (nSPS) is 14.3. The molecule has 0 saturated carbocycles. The summed E-state index contributed by atoms with van der Waals surface area (Å²) in [5, 5.41) is 14.1. The molecule has 4 aromatic rings. The molecule has 2 amide bonds. The number of ether oxygens (including phenoxy) is 1. The average molecular weight is 459 g/mol. The van der Waals surface area contributed by atoms with Crippen LogP contribution >= 0.6 is 0 Å². The summed E-state index contributed by atoms with van der Waals surface area (Å²) >= 11 is 0. The number of amides is 2. The highest BCUT2D eigenvalue weighted by Gasteiger charge is 2.33. The van der Waals surface area contributed by atoms with Crippen molar-refractivity contribution in [3.63, 3.8) is 0 Å². The number of fused-ring (bicyclic) bond motifs is 2. The summed E-state index contributed by atoms with van der Waals surface area (Å²) in [6.07, 6.45) is 3.37. The lowest BCUT2D eigenvalue weighted by Crippen LogP contribution is -2.48. The Hall–Kier alpha value is -4.40. The van der Waals surface area contributed by atoms with Crippen molar-refractivity contribution in [1.82, 2.24) is 15.2 Å². The monoisotopic (exact) mass is 458 g/mol. The van der Waals surface area contributed by atoms with E-state index in [0.29, 0.717) is 35.1 Å². The zero-order chi connectivity index (χ0) is 23.9. The van der Waals surface area contributed by atoms with E-state index in [0.717, 1.165) is 16.6 Å². The third-order valence-electron chi connectivity index (χ3n) is 5.57. The third-order valence-corrected chi connectivity index (χ3v) is 5.57. The van der Waals surface area contributed by atoms with E-state index in [4.69, 9.17) is 4.74 Å². The Balaban J connectivity index is 0.00000289. The predicted octanol–water partition coefficient (Wildman–Crippen LogP) is 4.72. The van der Waals surface area contributed by atoms with Crippen LogP contribution in [-0.4, -0.2) is 39.1 Å². The van der Waals surface area contributed by atoms with Gasteiger partial charge in [-0.15, -0.1) is 0 Å². The first-order valence-electron chi connectivity index (χ1n) is 10.9. The van der Waals surface area contributed by atoms with Crippen molar-refractivity contribution in [2.75, 3.05) is 22.1 Å². The largest absolute Gasteiger partial charge is 0.484 e. The summed E-state index contributed by atoms with van der Waals surface area (Å²) in [5.74, 6) is 0.605. The van der Waals surface area contributed by atoms with Crippen LogP contribution < -0.4 is 20.3 Å². The molecule has 0 atom stereocenters. The molecule has 9 heteroatoms. The smallest absolute Gasteiger partial charge is 0.259 e. The van der Waals surface area contributed by atoms with Crippen molar-refractivity contribution in [1.29, 1.82) is 0 Å². The van der Waals surface area contributed by atoms with Gasteiger partial charge >= 0.3 is 0 Å². The maximum atomic E-state index is 13.2. The molecule has 3 N–H and O–H groups in total. The van der Waals surface area contributed by atoms with Crippen molar-refractivity contribution in [2.45, 2.75) is 26.4 Å². The molecule has 3 heterocycles. The predicted molar refractivity (Wildman–Crippen MR) is 133 cm³/mol. The van der Waals surface area contributed by atoms with Gasteiger partial charge in [-0.1, -0.05) is 0 Å². The first kappa shape index (κ1) is 21.4. The van der Waals surface area contributed by atoms with Crippen LogP contribution in [0.3, 0.4) is 0 Å². The molecular formula is C25H26N6O3. The number of aromatic amines is 1. The number of benzene rings is 2. The zero-order valence-electron chi connectivity index (χ0n) is 19.0. The second-order valence-electron chi connectivity index (χ2n) is 8.80. The zero-order valence-corrected chi connectivity index (χ0v) is 19.0. The molecule has 0 fully saturated rings. The summed E-state index contributed by atoms with van der Waals surface area (Å²) < 4.78 is 6.02. The van der Waals surface area contributed by atoms with Crippen LogP contribution in [0.2, 0.25) is 0 Å². The van der Waals surface area contributed by atoms with Gasteiger partial charge < -0.3 is 20.3 Å². The van der Waals surface area contributed by atoms with Gasteiger partial charge in [0.15, 0.2) is 0 Å². The molecule has 2 aromatic heterocycles. The molecule has 0 spiro atoms. The molecule has 0 aliphatic carbocycles. The summed E-state index contributed by atoms with van der Waals surface area (Å²) in [7, 11) is 0. The number of nitrogens with zero attached hydrogens (tertiary/aromatic N) is 3. The quantitative estimate of drug-likeness (QED) is 0.408. The summed E-state index contributed by atoms with van der Waals surface area (Å²) in [6, 6.07) is 14.4. The molecular weight excluding hydrogens is 432 g/mol. The van der Waals surface area contributed by atoms with E-state index >= 15 is 0 Å². The van der Waals surface area contributed by atoms with Gasteiger partial charge in [-0.2, -0.15) is 5.10 Å². The van der Waals surface area contributed by atoms with Gasteiger partial charge in [0.25, 0.3) is 5.91 Å². The molecule has 0 radical (unpaired) electrons. The van der Waals surface area contributed by atoms with Gasteiger partial charge in [-0.3, -0.25) is 14.7 Å². The van der Waals surface area contributed by atoms with Gasteiger partial charge in [0.2, 0.25) is 5.91 Å². The molecule has 9 nitrogen and oxygen atoms in total. The minimum absolute atomic E-state index is 0. The van der Waals surface area contributed by atoms with Crippen molar-refractivity contribution in [3.05, 3.63) is 66.5 Å². The molecule has 0 unspecified atom stereocenters. The second-order valence-corrected chi connectivity index (χ2v) is 8.80. The number of carbonyl (C=O) groups is 2. The van der Waals surface area contributed by atoms with Gasteiger partial charge in [0, 0.05) is 31.3 Å².